The van der Waals surface area contributed by atoms with Crippen LogP contribution in [-0.4, -0.2) is 40.2 Å². The van der Waals surface area contributed by atoms with Crippen LogP contribution in [0.3, 0.4) is 0 Å². The second-order valence-electron chi connectivity index (χ2n) is 4.26. The van der Waals surface area contributed by atoms with E-state index in [1.807, 2.05) is 17.2 Å². The van der Waals surface area contributed by atoms with Crippen LogP contribution in [0, 0.1) is 5.92 Å². The fourth-order valence-electron chi connectivity index (χ4n) is 2.05. The lowest BCUT2D eigenvalue weighted by atomic mass is 9.97. The Morgan fingerprint density at radius 3 is 2.75 bits per heavy atom. The van der Waals surface area contributed by atoms with E-state index in [9.17, 15) is 4.79 Å². The van der Waals surface area contributed by atoms with Crippen molar-refractivity contribution in [2.24, 2.45) is 11.7 Å². The minimum absolute atomic E-state index is 0.152. The number of nitrogens with two attached hydrogens (primary N) is 1. The number of amides is 1. The summed E-state index contributed by atoms with van der Waals surface area (Å²) in [4.78, 5) is 13.8. The van der Waals surface area contributed by atoms with E-state index in [2.05, 4.69) is 5.10 Å². The van der Waals surface area contributed by atoms with Gasteiger partial charge in [0.05, 0.1) is 0 Å². The van der Waals surface area contributed by atoms with Gasteiger partial charge in [0.15, 0.2) is 0 Å². The van der Waals surface area contributed by atoms with Crippen LogP contribution in [0.5, 0.6) is 0 Å². The first-order valence-corrected chi connectivity index (χ1v) is 5.75. The summed E-state index contributed by atoms with van der Waals surface area (Å²) in [6, 6.07) is 1.83. The fourth-order valence-corrected chi connectivity index (χ4v) is 2.05. The van der Waals surface area contributed by atoms with Crippen molar-refractivity contribution in [1.29, 1.82) is 0 Å². The molecular formula is C11H18N4O. The number of hydrogen-bond donors (Lipinski definition) is 1. The quantitative estimate of drug-likeness (QED) is 0.787. The summed E-state index contributed by atoms with van der Waals surface area (Å²) in [7, 11) is 0. The molecule has 2 heterocycles. The number of carbonyl (C=O) groups excluding carboxylic acids is 1. The van der Waals surface area contributed by atoms with Crippen LogP contribution in [0.4, 0.5) is 0 Å². The molecule has 0 spiro atoms. The smallest absolute Gasteiger partial charge is 0.244 e. The molecule has 0 radical (unpaired) electrons. The molecule has 5 nitrogen and oxygen atoms in total. The summed E-state index contributed by atoms with van der Waals surface area (Å²) in [5.74, 6) is 0.743. The number of likely N-dealkylation sites (tertiary alicyclic amines) is 1. The van der Waals surface area contributed by atoms with Gasteiger partial charge in [-0.3, -0.25) is 9.48 Å². The molecule has 0 atom stereocenters. The first kappa shape index (κ1) is 11.1. The summed E-state index contributed by atoms with van der Waals surface area (Å²) >= 11 is 0. The number of carbonyl (C=O) groups is 1. The fraction of sp³-hybridized carbons (Fsp3) is 0.636. The molecule has 1 aromatic heterocycles. The summed E-state index contributed by atoms with van der Waals surface area (Å²) < 4.78 is 1.66. The van der Waals surface area contributed by atoms with Crippen molar-refractivity contribution in [3.63, 3.8) is 0 Å². The largest absolute Gasteiger partial charge is 0.341 e. The zero-order chi connectivity index (χ0) is 11.4. The van der Waals surface area contributed by atoms with Gasteiger partial charge in [-0.1, -0.05) is 0 Å². The SMILES string of the molecule is NCC1CCN(C(=O)Cn2cccn2)CC1. The highest BCUT2D eigenvalue weighted by atomic mass is 16.2. The van der Waals surface area contributed by atoms with Gasteiger partial charge < -0.3 is 10.6 Å². The molecule has 1 fully saturated rings. The molecule has 0 aromatic carbocycles. The number of aromatic nitrogens is 2. The first-order valence-electron chi connectivity index (χ1n) is 5.75. The average molecular weight is 222 g/mol. The Kier molecular flexibility index (Phi) is 3.56. The van der Waals surface area contributed by atoms with Crippen molar-refractivity contribution in [1.82, 2.24) is 14.7 Å². The minimum atomic E-state index is 0.152. The average Bonchev–Trinajstić information content (AvgIpc) is 2.82. The van der Waals surface area contributed by atoms with Crippen molar-refractivity contribution in [3.8, 4) is 0 Å². The highest BCUT2D eigenvalue weighted by molar-refractivity contribution is 5.75. The van der Waals surface area contributed by atoms with E-state index in [-0.39, 0.29) is 5.91 Å². The molecule has 1 saturated heterocycles. The van der Waals surface area contributed by atoms with E-state index >= 15 is 0 Å². The van der Waals surface area contributed by atoms with Gasteiger partial charge in [-0.25, -0.2) is 0 Å². The van der Waals surface area contributed by atoms with Crippen LogP contribution in [0.15, 0.2) is 18.5 Å². The lowest BCUT2D eigenvalue weighted by Crippen LogP contribution is -2.41. The molecule has 1 amide bonds. The van der Waals surface area contributed by atoms with E-state index in [1.54, 1.807) is 10.9 Å². The van der Waals surface area contributed by atoms with Gasteiger partial charge >= 0.3 is 0 Å². The normalized spacial score (nSPS) is 17.7. The summed E-state index contributed by atoms with van der Waals surface area (Å²) in [6.07, 6.45) is 5.56. The molecule has 88 valence electrons. The van der Waals surface area contributed by atoms with Crippen molar-refractivity contribution < 1.29 is 4.79 Å². The molecule has 0 unspecified atom stereocenters. The van der Waals surface area contributed by atoms with Gasteiger partial charge in [0.2, 0.25) is 5.91 Å². The van der Waals surface area contributed by atoms with Crippen LogP contribution in [-0.2, 0) is 11.3 Å². The first-order chi connectivity index (χ1) is 7.79. The third-order valence-corrected chi connectivity index (χ3v) is 3.16. The molecule has 2 N–H and O–H groups in total. The Hall–Kier alpha value is -1.36. The Labute approximate surface area is 95.2 Å². The van der Waals surface area contributed by atoms with Crippen LogP contribution >= 0.6 is 0 Å². The van der Waals surface area contributed by atoms with Gasteiger partial charge in [-0.05, 0) is 31.4 Å². The number of nitrogens with zero attached hydrogens (tertiary/aromatic N) is 3. The number of rotatable bonds is 3. The molecular weight excluding hydrogens is 204 g/mol. The molecule has 2 rings (SSSR count). The Morgan fingerprint density at radius 1 is 1.44 bits per heavy atom. The monoisotopic (exact) mass is 222 g/mol. The van der Waals surface area contributed by atoms with E-state index < -0.39 is 0 Å². The summed E-state index contributed by atoms with van der Waals surface area (Å²) in [5, 5.41) is 4.03. The van der Waals surface area contributed by atoms with Crippen molar-refractivity contribution in [2.45, 2.75) is 19.4 Å². The maximum atomic E-state index is 11.9. The van der Waals surface area contributed by atoms with E-state index in [1.165, 1.54) is 0 Å². The van der Waals surface area contributed by atoms with Crippen LogP contribution in [0.25, 0.3) is 0 Å². The topological polar surface area (TPSA) is 64.2 Å². The van der Waals surface area contributed by atoms with Crippen molar-refractivity contribution in [3.05, 3.63) is 18.5 Å². The molecule has 1 aliphatic heterocycles. The third kappa shape index (κ3) is 2.61. The highest BCUT2D eigenvalue weighted by Gasteiger charge is 2.21. The van der Waals surface area contributed by atoms with Crippen molar-refractivity contribution in [2.75, 3.05) is 19.6 Å². The van der Waals surface area contributed by atoms with Gasteiger partial charge in [0, 0.05) is 25.5 Å². The maximum Gasteiger partial charge on any atom is 0.244 e. The van der Waals surface area contributed by atoms with Gasteiger partial charge in [-0.15, -0.1) is 0 Å². The van der Waals surface area contributed by atoms with E-state index in [0.29, 0.717) is 12.5 Å². The molecule has 0 aliphatic carbocycles. The van der Waals surface area contributed by atoms with E-state index in [4.69, 9.17) is 5.73 Å². The molecule has 1 aromatic rings. The lowest BCUT2D eigenvalue weighted by molar-refractivity contribution is -0.133. The van der Waals surface area contributed by atoms with Crippen LogP contribution in [0.2, 0.25) is 0 Å². The molecule has 1 aliphatic rings. The molecule has 5 heteroatoms. The Bertz CT molecular complexity index is 328. The maximum absolute atomic E-state index is 11.9. The van der Waals surface area contributed by atoms with E-state index in [0.717, 1.165) is 32.5 Å². The van der Waals surface area contributed by atoms with Crippen LogP contribution < -0.4 is 5.73 Å². The van der Waals surface area contributed by atoms with Gasteiger partial charge in [0.1, 0.15) is 6.54 Å². The predicted molar refractivity (Wildman–Crippen MR) is 60.6 cm³/mol. The standard InChI is InChI=1S/C11H18N4O/c12-8-10-2-6-14(7-3-10)11(16)9-15-5-1-4-13-15/h1,4-5,10H,2-3,6-9,12H2. The predicted octanol–water partition coefficient (Wildman–Crippen LogP) is 0.0804. The van der Waals surface area contributed by atoms with Crippen molar-refractivity contribution >= 4 is 5.91 Å². The molecule has 0 saturated carbocycles. The summed E-state index contributed by atoms with van der Waals surface area (Å²) in [6.45, 7) is 2.76. The highest BCUT2D eigenvalue weighted by Crippen LogP contribution is 2.15. The van der Waals surface area contributed by atoms with Gasteiger partial charge in [0.25, 0.3) is 0 Å². The second kappa shape index (κ2) is 5.12. The Morgan fingerprint density at radius 2 is 2.19 bits per heavy atom. The molecule has 16 heavy (non-hydrogen) atoms. The minimum Gasteiger partial charge on any atom is -0.341 e. The van der Waals surface area contributed by atoms with Crippen LogP contribution in [0.1, 0.15) is 12.8 Å². The summed E-state index contributed by atoms with van der Waals surface area (Å²) in [5.41, 5.74) is 5.62. The third-order valence-electron chi connectivity index (χ3n) is 3.16. The second-order valence-corrected chi connectivity index (χ2v) is 4.26. The lowest BCUT2D eigenvalue weighted by Gasteiger charge is -2.31. The zero-order valence-electron chi connectivity index (χ0n) is 9.38. The number of hydrogen-bond acceptors (Lipinski definition) is 3. The Balaban J connectivity index is 1.82. The zero-order valence-corrected chi connectivity index (χ0v) is 9.38. The molecule has 0 bridgehead atoms. The van der Waals surface area contributed by atoms with Gasteiger partial charge in [-0.2, -0.15) is 5.10 Å². The number of piperidine rings is 1.